The van der Waals surface area contributed by atoms with Gasteiger partial charge in [0.05, 0.1) is 10.6 Å². The zero-order valence-corrected chi connectivity index (χ0v) is 12.1. The van der Waals surface area contributed by atoms with Gasteiger partial charge in [-0.25, -0.2) is 4.98 Å². The molecule has 0 aromatic carbocycles. The van der Waals surface area contributed by atoms with Crippen molar-refractivity contribution < 1.29 is 4.79 Å². The van der Waals surface area contributed by atoms with E-state index in [1.54, 1.807) is 6.07 Å². The lowest BCUT2D eigenvalue weighted by molar-refractivity contribution is 0.0910. The van der Waals surface area contributed by atoms with Gasteiger partial charge in [0.25, 0.3) is 5.91 Å². The Morgan fingerprint density at radius 3 is 2.79 bits per heavy atom. The number of amides is 1. The molecule has 19 heavy (non-hydrogen) atoms. The molecule has 0 bridgehead atoms. The van der Waals surface area contributed by atoms with Gasteiger partial charge in [-0.2, -0.15) is 0 Å². The van der Waals surface area contributed by atoms with Crippen LogP contribution in [0.1, 0.15) is 43.5 Å². The number of aromatic nitrogens is 1. The van der Waals surface area contributed by atoms with Gasteiger partial charge in [0.2, 0.25) is 0 Å². The van der Waals surface area contributed by atoms with Crippen LogP contribution in [0, 0.1) is 11.8 Å². The number of hydrogen-bond acceptors (Lipinski definition) is 3. The molecule has 1 aromatic rings. The van der Waals surface area contributed by atoms with Gasteiger partial charge in [-0.05, 0) is 37.2 Å². The quantitative estimate of drug-likeness (QED) is 0.876. The minimum atomic E-state index is -0.124. The van der Waals surface area contributed by atoms with Gasteiger partial charge in [-0.1, -0.05) is 25.4 Å². The third-order valence-corrected chi connectivity index (χ3v) is 4.37. The standard InChI is InChI=1S/C14H20ClN3O/c1-8-3-4-11(5-9(8)2)18-14(19)10-6-12(15)13(16)17-7-10/h6-9,11H,3-5H2,1-2H3,(H2,16,17)(H,18,19). The van der Waals surface area contributed by atoms with E-state index in [9.17, 15) is 4.79 Å². The van der Waals surface area contributed by atoms with Gasteiger partial charge in [-0.15, -0.1) is 0 Å². The van der Waals surface area contributed by atoms with Gasteiger partial charge in [0, 0.05) is 12.2 Å². The minimum Gasteiger partial charge on any atom is -0.382 e. The molecular formula is C14H20ClN3O. The lowest BCUT2D eigenvalue weighted by Crippen LogP contribution is -2.39. The second-order valence-corrected chi connectivity index (χ2v) is 5.94. The molecule has 1 aliphatic rings. The van der Waals surface area contributed by atoms with E-state index in [1.807, 2.05) is 0 Å². The summed E-state index contributed by atoms with van der Waals surface area (Å²) >= 11 is 5.88. The molecule has 0 spiro atoms. The fourth-order valence-corrected chi connectivity index (χ4v) is 2.69. The topological polar surface area (TPSA) is 68.0 Å². The van der Waals surface area contributed by atoms with E-state index < -0.39 is 0 Å². The number of anilines is 1. The highest BCUT2D eigenvalue weighted by Gasteiger charge is 2.25. The molecule has 3 unspecified atom stereocenters. The number of halogens is 1. The molecule has 1 amide bonds. The molecule has 1 aliphatic carbocycles. The Morgan fingerprint density at radius 2 is 2.16 bits per heavy atom. The molecule has 1 fully saturated rings. The average molecular weight is 282 g/mol. The van der Waals surface area contributed by atoms with Crippen LogP contribution in [0.15, 0.2) is 12.3 Å². The largest absolute Gasteiger partial charge is 0.382 e. The molecule has 1 aromatic heterocycles. The van der Waals surface area contributed by atoms with Crippen molar-refractivity contribution >= 4 is 23.3 Å². The van der Waals surface area contributed by atoms with E-state index in [-0.39, 0.29) is 17.8 Å². The number of nitrogens with zero attached hydrogens (tertiary/aromatic N) is 1. The van der Waals surface area contributed by atoms with Gasteiger partial charge in [-0.3, -0.25) is 4.79 Å². The van der Waals surface area contributed by atoms with Crippen LogP contribution >= 0.6 is 11.6 Å². The Hall–Kier alpha value is -1.29. The highest BCUT2D eigenvalue weighted by atomic mass is 35.5. The number of hydrogen-bond donors (Lipinski definition) is 2. The molecule has 0 aliphatic heterocycles. The summed E-state index contributed by atoms with van der Waals surface area (Å²) in [6, 6.07) is 1.81. The molecule has 1 heterocycles. The lowest BCUT2D eigenvalue weighted by Gasteiger charge is -2.32. The zero-order valence-electron chi connectivity index (χ0n) is 11.3. The van der Waals surface area contributed by atoms with Crippen molar-refractivity contribution in [1.82, 2.24) is 10.3 Å². The van der Waals surface area contributed by atoms with Crippen molar-refractivity contribution in [2.75, 3.05) is 5.73 Å². The minimum absolute atomic E-state index is 0.124. The fourth-order valence-electron chi connectivity index (χ4n) is 2.52. The first kappa shape index (κ1) is 14.1. The summed E-state index contributed by atoms with van der Waals surface area (Å²) in [4.78, 5) is 16.0. The van der Waals surface area contributed by atoms with Crippen LogP contribution < -0.4 is 11.1 Å². The Kier molecular flexibility index (Phi) is 4.30. The SMILES string of the molecule is CC1CCC(NC(=O)c2cnc(N)c(Cl)c2)CC1C. The summed E-state index contributed by atoms with van der Waals surface area (Å²) < 4.78 is 0. The fraction of sp³-hybridized carbons (Fsp3) is 0.571. The molecule has 5 heteroatoms. The zero-order chi connectivity index (χ0) is 14.0. The average Bonchev–Trinajstić information content (AvgIpc) is 2.37. The summed E-state index contributed by atoms with van der Waals surface area (Å²) in [5.74, 6) is 1.51. The van der Waals surface area contributed by atoms with Gasteiger partial charge in [0.1, 0.15) is 5.82 Å². The summed E-state index contributed by atoms with van der Waals surface area (Å²) in [7, 11) is 0. The Morgan fingerprint density at radius 1 is 1.42 bits per heavy atom. The van der Waals surface area contributed by atoms with Crippen molar-refractivity contribution in [2.45, 2.75) is 39.2 Å². The first-order valence-corrected chi connectivity index (χ1v) is 7.07. The molecule has 0 saturated heterocycles. The van der Waals surface area contributed by atoms with E-state index in [4.69, 9.17) is 17.3 Å². The molecule has 0 radical (unpaired) electrons. The number of nitrogens with two attached hydrogens (primary N) is 1. The number of rotatable bonds is 2. The third kappa shape index (κ3) is 3.38. The summed E-state index contributed by atoms with van der Waals surface area (Å²) in [6.45, 7) is 4.51. The number of carbonyl (C=O) groups is 1. The van der Waals surface area contributed by atoms with Crippen molar-refractivity contribution in [3.05, 3.63) is 22.8 Å². The summed E-state index contributed by atoms with van der Waals surface area (Å²) in [5, 5.41) is 3.37. The van der Waals surface area contributed by atoms with E-state index in [1.165, 1.54) is 6.20 Å². The maximum absolute atomic E-state index is 12.1. The van der Waals surface area contributed by atoms with Crippen LogP contribution in [-0.2, 0) is 0 Å². The van der Waals surface area contributed by atoms with Crippen molar-refractivity contribution in [1.29, 1.82) is 0 Å². The second-order valence-electron chi connectivity index (χ2n) is 5.53. The highest BCUT2D eigenvalue weighted by Crippen LogP contribution is 2.29. The smallest absolute Gasteiger partial charge is 0.253 e. The number of pyridine rings is 1. The van der Waals surface area contributed by atoms with Gasteiger partial charge >= 0.3 is 0 Å². The van der Waals surface area contributed by atoms with Gasteiger partial charge in [0.15, 0.2) is 0 Å². The van der Waals surface area contributed by atoms with Crippen LogP contribution in [0.2, 0.25) is 5.02 Å². The first-order chi connectivity index (χ1) is 8.97. The highest BCUT2D eigenvalue weighted by molar-refractivity contribution is 6.33. The van der Waals surface area contributed by atoms with Gasteiger partial charge < -0.3 is 11.1 Å². The maximum atomic E-state index is 12.1. The maximum Gasteiger partial charge on any atom is 0.253 e. The molecule has 104 valence electrons. The molecule has 4 nitrogen and oxygen atoms in total. The number of nitrogen functional groups attached to an aromatic ring is 1. The number of nitrogens with one attached hydrogen (secondary N) is 1. The van der Waals surface area contributed by atoms with Crippen LogP contribution in [0.4, 0.5) is 5.82 Å². The Labute approximate surface area is 118 Å². The molecule has 3 N–H and O–H groups in total. The van der Waals surface area contributed by atoms with Crippen LogP contribution in [-0.4, -0.2) is 16.9 Å². The molecular weight excluding hydrogens is 262 g/mol. The summed E-state index contributed by atoms with van der Waals surface area (Å²) in [6.07, 6.45) is 4.69. The number of carbonyl (C=O) groups excluding carboxylic acids is 1. The summed E-state index contributed by atoms with van der Waals surface area (Å²) in [5.41, 5.74) is 6.00. The van der Waals surface area contributed by atoms with Crippen LogP contribution in [0.3, 0.4) is 0 Å². The van der Waals surface area contributed by atoms with E-state index in [0.29, 0.717) is 16.5 Å². The second kappa shape index (κ2) is 5.78. The van der Waals surface area contributed by atoms with Crippen LogP contribution in [0.25, 0.3) is 0 Å². The van der Waals surface area contributed by atoms with Crippen LogP contribution in [0.5, 0.6) is 0 Å². The van der Waals surface area contributed by atoms with E-state index >= 15 is 0 Å². The third-order valence-electron chi connectivity index (χ3n) is 4.07. The monoisotopic (exact) mass is 281 g/mol. The lowest BCUT2D eigenvalue weighted by atomic mass is 9.79. The molecule has 3 atom stereocenters. The molecule has 1 saturated carbocycles. The van der Waals surface area contributed by atoms with E-state index in [0.717, 1.165) is 25.2 Å². The predicted molar refractivity (Wildman–Crippen MR) is 77.1 cm³/mol. The normalized spacial score (nSPS) is 27.0. The van der Waals surface area contributed by atoms with E-state index in [2.05, 4.69) is 24.1 Å². The first-order valence-electron chi connectivity index (χ1n) is 6.69. The Bertz CT molecular complexity index is 478. The molecule has 2 rings (SSSR count). The predicted octanol–water partition coefficient (Wildman–Crippen LogP) is 2.87. The van der Waals surface area contributed by atoms with Crippen molar-refractivity contribution in [3.8, 4) is 0 Å². The van der Waals surface area contributed by atoms with Crippen molar-refractivity contribution in [3.63, 3.8) is 0 Å². The van der Waals surface area contributed by atoms with Crippen molar-refractivity contribution in [2.24, 2.45) is 11.8 Å². The Balaban J connectivity index is 1.99.